The van der Waals surface area contributed by atoms with E-state index in [0.29, 0.717) is 23.0 Å². The topological polar surface area (TPSA) is 49.4 Å². The Morgan fingerprint density at radius 2 is 1.57 bits per heavy atom. The summed E-state index contributed by atoms with van der Waals surface area (Å²) >= 11 is 0. The van der Waals surface area contributed by atoms with Gasteiger partial charge in [0.1, 0.15) is 0 Å². The van der Waals surface area contributed by atoms with Crippen molar-refractivity contribution < 1.29 is 9.59 Å². The van der Waals surface area contributed by atoms with Crippen LogP contribution in [-0.4, -0.2) is 36.9 Å². The van der Waals surface area contributed by atoms with E-state index in [0.717, 1.165) is 49.9 Å². The molecular weight excluding hydrogens is 372 g/mol. The number of hydrogen-bond donors (Lipinski definition) is 1. The van der Waals surface area contributed by atoms with Gasteiger partial charge in [-0.1, -0.05) is 42.3 Å². The minimum absolute atomic E-state index is 0.0557. The SMILES string of the molecule is CNC(=O)c1cc(C(=O)N2CCC(c3ccc(C)cc3)CC2)c(C)cc1C1CCC1. The van der Waals surface area contributed by atoms with E-state index in [9.17, 15) is 9.59 Å². The second-order valence-corrected chi connectivity index (χ2v) is 8.94. The van der Waals surface area contributed by atoms with Crippen LogP contribution in [0.1, 0.15) is 86.9 Å². The van der Waals surface area contributed by atoms with Gasteiger partial charge in [0.25, 0.3) is 11.8 Å². The van der Waals surface area contributed by atoms with Crippen molar-refractivity contribution in [2.45, 2.75) is 57.8 Å². The average molecular weight is 405 g/mol. The zero-order valence-corrected chi connectivity index (χ0v) is 18.3. The van der Waals surface area contributed by atoms with Crippen molar-refractivity contribution in [2.75, 3.05) is 20.1 Å². The lowest BCUT2D eigenvalue weighted by Gasteiger charge is -2.33. The standard InChI is InChI=1S/C26H32N2O2/c1-17-7-9-19(10-8-17)20-11-13-28(14-12-20)26(30)22-16-24(25(29)27-3)23(15-18(22)2)21-5-4-6-21/h7-10,15-16,20-21H,4-6,11-14H2,1-3H3,(H,27,29). The smallest absolute Gasteiger partial charge is 0.254 e. The van der Waals surface area contributed by atoms with Crippen LogP contribution in [0.2, 0.25) is 0 Å². The van der Waals surface area contributed by atoms with Crippen molar-refractivity contribution in [1.29, 1.82) is 0 Å². The van der Waals surface area contributed by atoms with Gasteiger partial charge in [-0.05, 0) is 74.1 Å². The predicted molar refractivity (Wildman–Crippen MR) is 120 cm³/mol. The molecule has 2 aromatic carbocycles. The van der Waals surface area contributed by atoms with Crippen LogP contribution >= 0.6 is 0 Å². The molecule has 4 heteroatoms. The quantitative estimate of drug-likeness (QED) is 0.784. The van der Waals surface area contributed by atoms with Crippen molar-refractivity contribution in [3.8, 4) is 0 Å². The number of likely N-dealkylation sites (tertiary alicyclic amines) is 1. The van der Waals surface area contributed by atoms with Crippen molar-refractivity contribution in [3.05, 3.63) is 69.8 Å². The first-order valence-corrected chi connectivity index (χ1v) is 11.2. The van der Waals surface area contributed by atoms with E-state index in [1.165, 1.54) is 17.5 Å². The van der Waals surface area contributed by atoms with Crippen LogP contribution in [-0.2, 0) is 0 Å². The highest BCUT2D eigenvalue weighted by molar-refractivity contribution is 6.01. The summed E-state index contributed by atoms with van der Waals surface area (Å²) < 4.78 is 0. The van der Waals surface area contributed by atoms with E-state index in [2.05, 4.69) is 42.6 Å². The largest absolute Gasteiger partial charge is 0.355 e. The molecule has 4 rings (SSSR count). The Morgan fingerprint density at radius 3 is 2.13 bits per heavy atom. The molecule has 1 N–H and O–H groups in total. The Morgan fingerprint density at radius 1 is 0.900 bits per heavy atom. The lowest BCUT2D eigenvalue weighted by Crippen LogP contribution is -2.38. The second-order valence-electron chi connectivity index (χ2n) is 8.94. The second kappa shape index (κ2) is 8.63. The van der Waals surface area contributed by atoms with Gasteiger partial charge in [-0.2, -0.15) is 0 Å². The number of carbonyl (C=O) groups is 2. The first-order valence-electron chi connectivity index (χ1n) is 11.2. The van der Waals surface area contributed by atoms with Crippen LogP contribution in [0.3, 0.4) is 0 Å². The summed E-state index contributed by atoms with van der Waals surface area (Å²) in [7, 11) is 1.66. The van der Waals surface area contributed by atoms with Gasteiger partial charge >= 0.3 is 0 Å². The Kier molecular flexibility index (Phi) is 5.94. The van der Waals surface area contributed by atoms with E-state index in [1.807, 2.05) is 17.9 Å². The Labute approximate surface area is 179 Å². The summed E-state index contributed by atoms with van der Waals surface area (Å²) in [4.78, 5) is 27.8. The summed E-state index contributed by atoms with van der Waals surface area (Å²) in [6, 6.07) is 12.7. The molecule has 158 valence electrons. The van der Waals surface area contributed by atoms with E-state index in [1.54, 1.807) is 7.05 Å². The summed E-state index contributed by atoms with van der Waals surface area (Å²) in [6.45, 7) is 5.63. The number of carbonyl (C=O) groups excluding carboxylic acids is 2. The molecule has 0 atom stereocenters. The number of piperidine rings is 1. The van der Waals surface area contributed by atoms with Crippen LogP contribution in [0.15, 0.2) is 36.4 Å². The lowest BCUT2D eigenvalue weighted by atomic mass is 9.77. The number of benzene rings is 2. The Balaban J connectivity index is 1.52. The van der Waals surface area contributed by atoms with Crippen LogP contribution in [0, 0.1) is 13.8 Å². The van der Waals surface area contributed by atoms with Gasteiger partial charge in [0, 0.05) is 31.3 Å². The van der Waals surface area contributed by atoms with Crippen LogP contribution < -0.4 is 5.32 Å². The third kappa shape index (κ3) is 4.00. The molecule has 2 aromatic rings. The fraction of sp³-hybridized carbons (Fsp3) is 0.462. The van der Waals surface area contributed by atoms with Gasteiger partial charge in [0.2, 0.25) is 0 Å². The molecule has 0 spiro atoms. The summed E-state index contributed by atoms with van der Waals surface area (Å²) in [5.41, 5.74) is 6.08. The molecule has 1 heterocycles. The van der Waals surface area contributed by atoms with Crippen LogP contribution in [0.4, 0.5) is 0 Å². The van der Waals surface area contributed by atoms with E-state index in [-0.39, 0.29) is 11.8 Å². The van der Waals surface area contributed by atoms with Crippen molar-refractivity contribution >= 4 is 11.8 Å². The molecule has 0 radical (unpaired) electrons. The number of amides is 2. The van der Waals surface area contributed by atoms with Crippen LogP contribution in [0.5, 0.6) is 0 Å². The first-order chi connectivity index (χ1) is 14.5. The molecule has 0 aromatic heterocycles. The van der Waals surface area contributed by atoms with E-state index < -0.39 is 0 Å². The molecule has 2 fully saturated rings. The third-order valence-corrected chi connectivity index (χ3v) is 6.97. The Bertz CT molecular complexity index is 936. The fourth-order valence-corrected chi connectivity index (χ4v) is 4.77. The molecule has 1 saturated heterocycles. The summed E-state index contributed by atoms with van der Waals surface area (Å²) in [5.74, 6) is 0.924. The van der Waals surface area contributed by atoms with Crippen molar-refractivity contribution in [2.24, 2.45) is 0 Å². The molecule has 1 aliphatic carbocycles. The van der Waals surface area contributed by atoms with E-state index >= 15 is 0 Å². The number of rotatable bonds is 4. The molecule has 1 aliphatic heterocycles. The first kappa shape index (κ1) is 20.6. The Hall–Kier alpha value is -2.62. The average Bonchev–Trinajstić information content (AvgIpc) is 2.72. The maximum Gasteiger partial charge on any atom is 0.254 e. The van der Waals surface area contributed by atoms with Crippen molar-refractivity contribution in [1.82, 2.24) is 10.2 Å². The lowest BCUT2D eigenvalue weighted by molar-refractivity contribution is 0.0712. The fourth-order valence-electron chi connectivity index (χ4n) is 4.77. The monoisotopic (exact) mass is 404 g/mol. The van der Waals surface area contributed by atoms with Gasteiger partial charge in [0.15, 0.2) is 0 Å². The van der Waals surface area contributed by atoms with Gasteiger partial charge in [-0.25, -0.2) is 0 Å². The van der Waals surface area contributed by atoms with Gasteiger partial charge < -0.3 is 10.2 Å². The summed E-state index contributed by atoms with van der Waals surface area (Å²) in [5, 5.41) is 2.75. The highest BCUT2D eigenvalue weighted by Gasteiger charge is 2.29. The highest BCUT2D eigenvalue weighted by atomic mass is 16.2. The maximum absolute atomic E-state index is 13.3. The van der Waals surface area contributed by atoms with Gasteiger partial charge in [0.05, 0.1) is 0 Å². The number of nitrogens with zero attached hydrogens (tertiary/aromatic N) is 1. The number of aryl methyl sites for hydroxylation is 2. The van der Waals surface area contributed by atoms with Gasteiger partial charge in [-0.3, -0.25) is 9.59 Å². The van der Waals surface area contributed by atoms with E-state index in [4.69, 9.17) is 0 Å². The number of nitrogens with one attached hydrogen (secondary N) is 1. The molecule has 0 bridgehead atoms. The normalized spacial score (nSPS) is 17.5. The molecule has 2 amide bonds. The minimum atomic E-state index is -0.0935. The minimum Gasteiger partial charge on any atom is -0.355 e. The zero-order valence-electron chi connectivity index (χ0n) is 18.3. The molecule has 4 nitrogen and oxygen atoms in total. The maximum atomic E-state index is 13.3. The highest BCUT2D eigenvalue weighted by Crippen LogP contribution is 2.39. The molecule has 2 aliphatic rings. The third-order valence-electron chi connectivity index (χ3n) is 6.97. The zero-order chi connectivity index (χ0) is 21.3. The predicted octanol–water partition coefficient (Wildman–Crippen LogP) is 4.95. The van der Waals surface area contributed by atoms with Crippen LogP contribution in [0.25, 0.3) is 0 Å². The molecular formula is C26H32N2O2. The molecule has 1 saturated carbocycles. The molecule has 0 unspecified atom stereocenters. The van der Waals surface area contributed by atoms with Crippen molar-refractivity contribution in [3.63, 3.8) is 0 Å². The molecule has 30 heavy (non-hydrogen) atoms. The van der Waals surface area contributed by atoms with Gasteiger partial charge in [-0.15, -0.1) is 0 Å². The summed E-state index contributed by atoms with van der Waals surface area (Å²) in [6.07, 6.45) is 5.44. The number of hydrogen-bond acceptors (Lipinski definition) is 2.